The van der Waals surface area contributed by atoms with Crippen molar-refractivity contribution in [3.05, 3.63) is 76.1 Å². The normalized spacial score (nSPS) is 10.7. The van der Waals surface area contributed by atoms with Crippen LogP contribution in [-0.4, -0.2) is 22.3 Å². The summed E-state index contributed by atoms with van der Waals surface area (Å²) in [5.74, 6) is 0.365. The molecule has 0 aliphatic heterocycles. The van der Waals surface area contributed by atoms with E-state index in [0.29, 0.717) is 17.3 Å². The van der Waals surface area contributed by atoms with Gasteiger partial charge in [-0.05, 0) is 50.6 Å². The van der Waals surface area contributed by atoms with Crippen LogP contribution in [-0.2, 0) is 11.3 Å². The second-order valence-electron chi connectivity index (χ2n) is 6.48. The van der Waals surface area contributed by atoms with E-state index in [4.69, 9.17) is 16.3 Å². The van der Waals surface area contributed by atoms with Gasteiger partial charge in [-0.2, -0.15) is 5.10 Å². The molecule has 1 N–H and O–H groups in total. The molecule has 0 saturated heterocycles. The van der Waals surface area contributed by atoms with Gasteiger partial charge in [-0.1, -0.05) is 41.4 Å². The number of ether oxygens (including phenoxy) is 1. The SMILES string of the molecule is Cc1ccc(Cn2nc(C)c(NC(=O)COc3ccc(Cl)cc3)c2C)cc1. The number of carbonyl (C=O) groups is 1. The van der Waals surface area contributed by atoms with Crippen molar-refractivity contribution in [3.63, 3.8) is 0 Å². The molecule has 0 radical (unpaired) electrons. The second-order valence-corrected chi connectivity index (χ2v) is 6.92. The van der Waals surface area contributed by atoms with Gasteiger partial charge < -0.3 is 10.1 Å². The topological polar surface area (TPSA) is 56.2 Å². The lowest BCUT2D eigenvalue weighted by molar-refractivity contribution is -0.118. The molecule has 0 saturated carbocycles. The number of hydrogen-bond donors (Lipinski definition) is 1. The molecule has 1 aromatic heterocycles. The molecule has 0 bridgehead atoms. The molecule has 0 atom stereocenters. The highest BCUT2D eigenvalue weighted by Crippen LogP contribution is 2.21. The Kier molecular flexibility index (Phi) is 5.81. The third kappa shape index (κ3) is 4.89. The third-order valence-electron chi connectivity index (χ3n) is 4.28. The van der Waals surface area contributed by atoms with Crippen molar-refractivity contribution in [2.75, 3.05) is 11.9 Å². The maximum atomic E-state index is 12.3. The Hall–Kier alpha value is -2.79. The number of anilines is 1. The molecule has 0 aliphatic rings. The van der Waals surface area contributed by atoms with Crippen molar-refractivity contribution in [1.82, 2.24) is 9.78 Å². The monoisotopic (exact) mass is 383 g/mol. The Bertz CT molecular complexity index is 931. The molecule has 1 heterocycles. The molecule has 0 aliphatic carbocycles. The minimum atomic E-state index is -0.231. The maximum Gasteiger partial charge on any atom is 0.262 e. The number of hydrogen-bond acceptors (Lipinski definition) is 3. The van der Waals surface area contributed by atoms with Gasteiger partial charge >= 0.3 is 0 Å². The highest BCUT2D eigenvalue weighted by atomic mass is 35.5. The second kappa shape index (κ2) is 8.27. The van der Waals surface area contributed by atoms with Gasteiger partial charge in [0.15, 0.2) is 6.61 Å². The summed E-state index contributed by atoms with van der Waals surface area (Å²) < 4.78 is 7.39. The predicted molar refractivity (Wildman–Crippen MR) is 108 cm³/mol. The summed E-state index contributed by atoms with van der Waals surface area (Å²) in [5, 5.41) is 8.08. The zero-order valence-electron chi connectivity index (χ0n) is 15.6. The fourth-order valence-electron chi connectivity index (χ4n) is 2.75. The Balaban J connectivity index is 1.64. The van der Waals surface area contributed by atoms with Crippen LogP contribution in [0, 0.1) is 20.8 Å². The number of aromatic nitrogens is 2. The molecule has 0 spiro atoms. The molecule has 5 nitrogen and oxygen atoms in total. The summed E-state index contributed by atoms with van der Waals surface area (Å²) in [6.45, 7) is 6.47. The van der Waals surface area contributed by atoms with E-state index in [-0.39, 0.29) is 12.5 Å². The van der Waals surface area contributed by atoms with Crippen molar-refractivity contribution >= 4 is 23.2 Å². The van der Waals surface area contributed by atoms with E-state index in [1.54, 1.807) is 24.3 Å². The molecular weight excluding hydrogens is 362 g/mol. The predicted octanol–water partition coefficient (Wildman–Crippen LogP) is 4.53. The molecule has 2 aromatic carbocycles. The van der Waals surface area contributed by atoms with Gasteiger partial charge in [-0.25, -0.2) is 0 Å². The summed E-state index contributed by atoms with van der Waals surface area (Å²) in [6.07, 6.45) is 0. The van der Waals surface area contributed by atoms with Crippen LogP contribution in [0.1, 0.15) is 22.5 Å². The largest absolute Gasteiger partial charge is 0.484 e. The lowest BCUT2D eigenvalue weighted by atomic mass is 10.1. The number of rotatable bonds is 6. The number of halogens is 1. The van der Waals surface area contributed by atoms with Gasteiger partial charge in [0, 0.05) is 5.02 Å². The van der Waals surface area contributed by atoms with Gasteiger partial charge in [0.25, 0.3) is 5.91 Å². The van der Waals surface area contributed by atoms with Crippen molar-refractivity contribution in [1.29, 1.82) is 0 Å². The van der Waals surface area contributed by atoms with Crippen LogP contribution in [0.15, 0.2) is 48.5 Å². The molecule has 0 fully saturated rings. The van der Waals surface area contributed by atoms with Crippen LogP contribution in [0.4, 0.5) is 5.69 Å². The molecule has 0 unspecified atom stereocenters. The maximum absolute atomic E-state index is 12.3. The minimum Gasteiger partial charge on any atom is -0.484 e. The van der Waals surface area contributed by atoms with E-state index in [9.17, 15) is 4.79 Å². The summed E-state index contributed by atoms with van der Waals surface area (Å²) in [7, 11) is 0. The lowest BCUT2D eigenvalue weighted by Gasteiger charge is -2.09. The number of nitrogens with one attached hydrogen (secondary N) is 1. The lowest BCUT2D eigenvalue weighted by Crippen LogP contribution is -2.21. The number of carbonyl (C=O) groups excluding carboxylic acids is 1. The third-order valence-corrected chi connectivity index (χ3v) is 4.53. The van der Waals surface area contributed by atoms with Gasteiger partial charge in [-0.15, -0.1) is 0 Å². The average Bonchev–Trinajstić information content (AvgIpc) is 2.90. The summed E-state index contributed by atoms with van der Waals surface area (Å²) in [6, 6.07) is 15.2. The first-order valence-electron chi connectivity index (χ1n) is 8.70. The fraction of sp³-hybridized carbons (Fsp3) is 0.238. The smallest absolute Gasteiger partial charge is 0.262 e. The standard InChI is InChI=1S/C21H22ClN3O2/c1-14-4-6-17(7-5-14)12-25-16(3)21(15(2)24-25)23-20(26)13-27-19-10-8-18(22)9-11-19/h4-11H,12-13H2,1-3H3,(H,23,26). The van der Waals surface area contributed by atoms with E-state index < -0.39 is 0 Å². The van der Waals surface area contributed by atoms with Gasteiger partial charge in [0.2, 0.25) is 0 Å². The summed E-state index contributed by atoms with van der Waals surface area (Å²) in [5.41, 5.74) is 4.80. The molecule has 1 amide bonds. The van der Waals surface area contributed by atoms with Gasteiger partial charge in [0.1, 0.15) is 5.75 Å². The van der Waals surface area contributed by atoms with Crippen LogP contribution in [0.5, 0.6) is 5.75 Å². The minimum absolute atomic E-state index is 0.0797. The van der Waals surface area contributed by atoms with E-state index in [1.165, 1.54) is 5.56 Å². The first kappa shape index (κ1) is 19.0. The zero-order chi connectivity index (χ0) is 19.4. The number of benzene rings is 2. The van der Waals surface area contributed by atoms with Gasteiger partial charge in [0.05, 0.1) is 23.6 Å². The van der Waals surface area contributed by atoms with E-state index >= 15 is 0 Å². The summed E-state index contributed by atoms with van der Waals surface area (Å²) in [4.78, 5) is 12.3. The van der Waals surface area contributed by atoms with Crippen molar-refractivity contribution in [2.45, 2.75) is 27.3 Å². The van der Waals surface area contributed by atoms with Crippen LogP contribution in [0.2, 0.25) is 5.02 Å². The number of nitrogens with zero attached hydrogens (tertiary/aromatic N) is 2. The van der Waals surface area contributed by atoms with Crippen LogP contribution < -0.4 is 10.1 Å². The first-order chi connectivity index (χ1) is 12.9. The average molecular weight is 384 g/mol. The number of aryl methyl sites for hydroxylation is 2. The van der Waals surface area contributed by atoms with Crippen molar-refractivity contribution < 1.29 is 9.53 Å². The van der Waals surface area contributed by atoms with Crippen LogP contribution in [0.3, 0.4) is 0 Å². The highest BCUT2D eigenvalue weighted by Gasteiger charge is 2.15. The summed E-state index contributed by atoms with van der Waals surface area (Å²) >= 11 is 5.84. The molecule has 140 valence electrons. The van der Waals surface area contributed by atoms with E-state index in [0.717, 1.165) is 22.6 Å². The Morgan fingerprint density at radius 1 is 1.07 bits per heavy atom. The van der Waals surface area contributed by atoms with Crippen LogP contribution >= 0.6 is 11.6 Å². The van der Waals surface area contributed by atoms with Crippen molar-refractivity contribution in [2.24, 2.45) is 0 Å². The number of amides is 1. The molecule has 6 heteroatoms. The quantitative estimate of drug-likeness (QED) is 0.680. The molecule has 3 aromatic rings. The Morgan fingerprint density at radius 2 is 1.74 bits per heavy atom. The Morgan fingerprint density at radius 3 is 2.41 bits per heavy atom. The van der Waals surface area contributed by atoms with E-state index in [1.807, 2.05) is 18.5 Å². The van der Waals surface area contributed by atoms with E-state index in [2.05, 4.69) is 41.6 Å². The molecular formula is C21H22ClN3O2. The Labute approximate surface area is 163 Å². The molecule has 27 heavy (non-hydrogen) atoms. The first-order valence-corrected chi connectivity index (χ1v) is 9.08. The highest BCUT2D eigenvalue weighted by molar-refractivity contribution is 6.30. The van der Waals surface area contributed by atoms with Gasteiger partial charge in [-0.3, -0.25) is 9.48 Å². The zero-order valence-corrected chi connectivity index (χ0v) is 16.4. The fourth-order valence-corrected chi connectivity index (χ4v) is 2.88. The van der Waals surface area contributed by atoms with Crippen molar-refractivity contribution in [3.8, 4) is 5.75 Å². The van der Waals surface area contributed by atoms with Crippen LogP contribution in [0.25, 0.3) is 0 Å². The molecule has 3 rings (SSSR count).